The van der Waals surface area contributed by atoms with Crippen molar-refractivity contribution in [3.05, 3.63) is 33.8 Å². The van der Waals surface area contributed by atoms with Crippen LogP contribution in [0.15, 0.2) is 22.7 Å². The first-order valence-corrected chi connectivity index (χ1v) is 8.58. The lowest BCUT2D eigenvalue weighted by atomic mass is 10.0. The van der Waals surface area contributed by atoms with Gasteiger partial charge in [-0.3, -0.25) is 4.79 Å². The summed E-state index contributed by atoms with van der Waals surface area (Å²) in [6.45, 7) is 7.62. The Morgan fingerprint density at radius 1 is 1.38 bits per heavy atom. The second-order valence-electron chi connectivity index (χ2n) is 5.93. The van der Waals surface area contributed by atoms with E-state index >= 15 is 0 Å². The normalized spacial score (nSPS) is 17.0. The van der Waals surface area contributed by atoms with Crippen molar-refractivity contribution in [2.24, 2.45) is 0 Å². The van der Waals surface area contributed by atoms with Crippen LogP contribution in [0.5, 0.6) is 0 Å². The van der Waals surface area contributed by atoms with Gasteiger partial charge in [0.1, 0.15) is 0 Å². The number of aryl methyl sites for hydroxylation is 1. The first kappa shape index (κ1) is 16.5. The van der Waals surface area contributed by atoms with Crippen LogP contribution in [0.25, 0.3) is 0 Å². The van der Waals surface area contributed by atoms with Gasteiger partial charge in [-0.1, -0.05) is 19.1 Å². The van der Waals surface area contributed by atoms with Crippen molar-refractivity contribution >= 4 is 21.8 Å². The molecule has 1 aromatic carbocycles. The molecule has 0 atom stereocenters. The monoisotopic (exact) mass is 352 g/mol. The third-order valence-corrected chi connectivity index (χ3v) is 5.44. The lowest BCUT2D eigenvalue weighted by molar-refractivity contribution is 0.0641. The number of rotatable bonds is 4. The predicted molar refractivity (Wildman–Crippen MR) is 90.7 cm³/mol. The van der Waals surface area contributed by atoms with Gasteiger partial charge in [0.15, 0.2) is 0 Å². The molecule has 0 aliphatic carbocycles. The number of benzene rings is 1. The van der Waals surface area contributed by atoms with Gasteiger partial charge in [0.2, 0.25) is 0 Å². The molecule has 1 fully saturated rings. The Labute approximate surface area is 136 Å². The maximum atomic E-state index is 12.7. The van der Waals surface area contributed by atoms with Crippen molar-refractivity contribution in [2.45, 2.75) is 39.2 Å². The van der Waals surface area contributed by atoms with E-state index in [0.29, 0.717) is 6.04 Å². The van der Waals surface area contributed by atoms with E-state index in [1.54, 1.807) is 0 Å². The number of hydrogen-bond acceptors (Lipinski definition) is 2. The van der Waals surface area contributed by atoms with E-state index in [2.05, 4.69) is 27.8 Å². The van der Waals surface area contributed by atoms with E-state index in [1.807, 2.05) is 37.1 Å². The summed E-state index contributed by atoms with van der Waals surface area (Å²) in [5.74, 6) is 0.125. The fraction of sp³-hybridized carbons (Fsp3) is 0.588. The summed E-state index contributed by atoms with van der Waals surface area (Å²) in [5.41, 5.74) is 1.88. The van der Waals surface area contributed by atoms with E-state index < -0.39 is 0 Å². The zero-order chi connectivity index (χ0) is 15.4. The van der Waals surface area contributed by atoms with Gasteiger partial charge in [-0.2, -0.15) is 0 Å². The molecule has 0 unspecified atom stereocenters. The molecule has 0 radical (unpaired) electrons. The van der Waals surface area contributed by atoms with Crippen LogP contribution in [-0.2, 0) is 0 Å². The van der Waals surface area contributed by atoms with Crippen LogP contribution in [-0.4, -0.2) is 48.4 Å². The largest absolute Gasteiger partial charge is 0.339 e. The van der Waals surface area contributed by atoms with Crippen LogP contribution in [0.4, 0.5) is 0 Å². The van der Waals surface area contributed by atoms with E-state index in [9.17, 15) is 4.79 Å². The lowest BCUT2D eigenvalue weighted by Gasteiger charge is -2.36. The number of piperidine rings is 1. The Bertz CT molecular complexity index is 496. The van der Waals surface area contributed by atoms with E-state index in [0.717, 1.165) is 41.5 Å². The average molecular weight is 353 g/mol. The Hall–Kier alpha value is -0.870. The van der Waals surface area contributed by atoms with Gasteiger partial charge < -0.3 is 9.80 Å². The maximum Gasteiger partial charge on any atom is 0.255 e. The van der Waals surface area contributed by atoms with Crippen LogP contribution in [0.1, 0.15) is 42.1 Å². The molecular formula is C17H25BrN2O. The van der Waals surface area contributed by atoms with Crippen molar-refractivity contribution in [1.29, 1.82) is 0 Å². The smallest absolute Gasteiger partial charge is 0.255 e. The molecule has 1 aliphatic rings. The quantitative estimate of drug-likeness (QED) is 0.824. The van der Waals surface area contributed by atoms with Crippen molar-refractivity contribution in [1.82, 2.24) is 9.80 Å². The molecule has 116 valence electrons. The van der Waals surface area contributed by atoms with Crippen molar-refractivity contribution in [2.75, 3.05) is 26.7 Å². The van der Waals surface area contributed by atoms with Gasteiger partial charge >= 0.3 is 0 Å². The average Bonchev–Trinajstić information content (AvgIpc) is 2.50. The van der Waals surface area contributed by atoms with E-state index in [4.69, 9.17) is 0 Å². The summed E-state index contributed by atoms with van der Waals surface area (Å²) in [7, 11) is 1.94. The predicted octanol–water partition coefficient (Wildman–Crippen LogP) is 3.70. The molecule has 1 heterocycles. The van der Waals surface area contributed by atoms with Gasteiger partial charge in [0.25, 0.3) is 5.91 Å². The van der Waals surface area contributed by atoms with Crippen LogP contribution < -0.4 is 0 Å². The number of hydrogen-bond donors (Lipinski definition) is 0. The Balaban J connectivity index is 2.02. The molecule has 0 saturated carbocycles. The molecule has 1 amide bonds. The number of carbonyl (C=O) groups excluding carboxylic acids is 1. The Morgan fingerprint density at radius 2 is 2.05 bits per heavy atom. The van der Waals surface area contributed by atoms with E-state index in [-0.39, 0.29) is 5.91 Å². The molecule has 4 heteroatoms. The molecule has 1 aliphatic heterocycles. The summed E-state index contributed by atoms with van der Waals surface area (Å²) >= 11 is 3.55. The zero-order valence-electron chi connectivity index (χ0n) is 13.2. The van der Waals surface area contributed by atoms with Gasteiger partial charge in [-0.25, -0.2) is 0 Å². The van der Waals surface area contributed by atoms with Crippen molar-refractivity contribution in [3.8, 4) is 0 Å². The molecule has 0 aromatic heterocycles. The van der Waals surface area contributed by atoms with Crippen LogP contribution >= 0.6 is 15.9 Å². The van der Waals surface area contributed by atoms with E-state index in [1.165, 1.54) is 13.0 Å². The summed E-state index contributed by atoms with van der Waals surface area (Å²) < 4.78 is 0.922. The summed E-state index contributed by atoms with van der Waals surface area (Å²) in [6.07, 6.45) is 3.35. The lowest BCUT2D eigenvalue weighted by Crippen LogP contribution is -2.45. The molecule has 0 N–H and O–H groups in total. The highest BCUT2D eigenvalue weighted by molar-refractivity contribution is 9.10. The minimum atomic E-state index is 0.125. The number of amides is 1. The second kappa shape index (κ2) is 7.41. The molecular weight excluding hydrogens is 328 g/mol. The van der Waals surface area contributed by atoms with Crippen molar-refractivity contribution in [3.63, 3.8) is 0 Å². The van der Waals surface area contributed by atoms with Gasteiger partial charge in [0.05, 0.1) is 5.56 Å². The third-order valence-electron chi connectivity index (χ3n) is 4.39. The Kier molecular flexibility index (Phi) is 5.82. The van der Waals surface area contributed by atoms with Crippen LogP contribution in [0.3, 0.4) is 0 Å². The highest BCUT2D eigenvalue weighted by Gasteiger charge is 2.26. The fourth-order valence-electron chi connectivity index (χ4n) is 3.01. The molecule has 21 heavy (non-hydrogen) atoms. The molecule has 0 bridgehead atoms. The minimum Gasteiger partial charge on any atom is -0.339 e. The second-order valence-corrected chi connectivity index (χ2v) is 6.72. The molecule has 2 rings (SSSR count). The number of carbonyl (C=O) groups is 1. The van der Waals surface area contributed by atoms with Crippen LogP contribution in [0, 0.1) is 6.92 Å². The maximum absolute atomic E-state index is 12.7. The van der Waals surface area contributed by atoms with Crippen LogP contribution in [0.2, 0.25) is 0 Å². The summed E-state index contributed by atoms with van der Waals surface area (Å²) in [4.78, 5) is 17.1. The highest BCUT2D eigenvalue weighted by Crippen LogP contribution is 2.24. The first-order valence-electron chi connectivity index (χ1n) is 7.79. The minimum absolute atomic E-state index is 0.125. The number of likely N-dealkylation sites (tertiary alicyclic amines) is 1. The zero-order valence-corrected chi connectivity index (χ0v) is 14.8. The first-order chi connectivity index (χ1) is 10.0. The van der Waals surface area contributed by atoms with Gasteiger partial charge in [-0.15, -0.1) is 0 Å². The third kappa shape index (κ3) is 3.86. The topological polar surface area (TPSA) is 23.6 Å². The Morgan fingerprint density at radius 3 is 2.67 bits per heavy atom. The molecule has 1 saturated heterocycles. The number of halogens is 1. The molecule has 1 aromatic rings. The highest BCUT2D eigenvalue weighted by atomic mass is 79.9. The van der Waals surface area contributed by atoms with Crippen molar-refractivity contribution < 1.29 is 4.79 Å². The SMILES string of the molecule is CCCN1CCC(N(C)C(=O)c2cccc(C)c2Br)CC1. The molecule has 0 spiro atoms. The van der Waals surface area contributed by atoms with Gasteiger partial charge in [0, 0.05) is 30.7 Å². The summed E-state index contributed by atoms with van der Waals surface area (Å²) in [5, 5.41) is 0. The number of nitrogens with zero attached hydrogens (tertiary/aromatic N) is 2. The van der Waals surface area contributed by atoms with Gasteiger partial charge in [-0.05, 0) is 60.3 Å². The molecule has 3 nitrogen and oxygen atoms in total. The fourth-order valence-corrected chi connectivity index (χ4v) is 3.45. The standard InChI is InChI=1S/C17H25BrN2O/c1-4-10-20-11-8-14(9-12-20)19(3)17(21)15-7-5-6-13(2)16(15)18/h5-7,14H,4,8-12H2,1-3H3. The summed E-state index contributed by atoms with van der Waals surface area (Å²) in [6, 6.07) is 6.23.